The number of hydroxylamine groups is 1. The Kier molecular flexibility index (Phi) is 10.3. The Labute approximate surface area is 231 Å². The Bertz CT molecular complexity index is 1210. The first-order chi connectivity index (χ1) is 18.2. The smallest absolute Gasteiger partial charge is 0.332 e. The first-order valence-corrected chi connectivity index (χ1v) is 13.9. The van der Waals surface area contributed by atoms with Crippen molar-refractivity contribution in [2.45, 2.75) is 31.6 Å². The number of anilines is 1. The lowest BCUT2D eigenvalue weighted by atomic mass is 10.0. The lowest BCUT2D eigenvalue weighted by Gasteiger charge is -2.29. The van der Waals surface area contributed by atoms with Crippen LogP contribution in [0.15, 0.2) is 59.6 Å². The van der Waals surface area contributed by atoms with E-state index < -0.39 is 36.0 Å². The zero-order valence-electron chi connectivity index (χ0n) is 21.4. The quantitative estimate of drug-likeness (QED) is 0.378. The molecular formula is C26H31N5O5S2. The number of amides is 3. The second-order valence-corrected chi connectivity index (χ2v) is 9.88. The molecule has 0 saturated carbocycles. The highest BCUT2D eigenvalue weighted by Crippen LogP contribution is 2.29. The van der Waals surface area contributed by atoms with E-state index in [-0.39, 0.29) is 17.3 Å². The lowest BCUT2D eigenvalue weighted by molar-refractivity contribution is -0.158. The third-order valence-electron chi connectivity index (χ3n) is 5.94. The van der Waals surface area contributed by atoms with Crippen LogP contribution in [0.3, 0.4) is 0 Å². The van der Waals surface area contributed by atoms with Crippen LogP contribution in [0.1, 0.15) is 24.5 Å². The molecule has 1 heterocycles. The molecule has 10 nitrogen and oxygen atoms in total. The number of benzene rings is 2. The van der Waals surface area contributed by atoms with Crippen molar-refractivity contribution in [2.75, 3.05) is 29.9 Å². The Hall–Kier alpha value is -3.35. The number of hydrogen-bond acceptors (Lipinski definition) is 9. The van der Waals surface area contributed by atoms with Gasteiger partial charge in [0, 0.05) is 30.9 Å². The summed E-state index contributed by atoms with van der Waals surface area (Å²) < 4.78 is 0. The molecule has 2 unspecified atom stereocenters. The molecule has 0 spiro atoms. The van der Waals surface area contributed by atoms with Gasteiger partial charge in [-0.2, -0.15) is 24.4 Å². The van der Waals surface area contributed by atoms with Crippen LogP contribution in [0, 0.1) is 0 Å². The van der Waals surface area contributed by atoms with Crippen LogP contribution in [-0.2, 0) is 24.0 Å². The predicted molar refractivity (Wildman–Crippen MR) is 151 cm³/mol. The molecule has 3 N–H and O–H groups in total. The molecule has 0 saturated heterocycles. The summed E-state index contributed by atoms with van der Waals surface area (Å²) in [4.78, 5) is 63.5. The minimum atomic E-state index is -1.45. The topological polar surface area (TPSA) is 134 Å². The molecule has 0 fully saturated rings. The maximum atomic E-state index is 13.8. The number of para-hydroxylation sites is 1. The second kappa shape index (κ2) is 13.4. The number of benzodiazepines with no additional fused rings is 1. The molecule has 38 heavy (non-hydrogen) atoms. The number of hydrogen-bond donors (Lipinski definition) is 3. The van der Waals surface area contributed by atoms with E-state index in [0.29, 0.717) is 29.0 Å². The van der Waals surface area contributed by atoms with Crippen LogP contribution in [0.5, 0.6) is 0 Å². The summed E-state index contributed by atoms with van der Waals surface area (Å²) >= 11 is 5.58. The van der Waals surface area contributed by atoms with E-state index in [1.165, 1.54) is 30.6 Å². The molecule has 0 aliphatic carbocycles. The van der Waals surface area contributed by atoms with Gasteiger partial charge in [-0.3, -0.25) is 14.4 Å². The van der Waals surface area contributed by atoms with Crippen molar-refractivity contribution < 1.29 is 24.0 Å². The Morgan fingerprint density at radius 2 is 1.84 bits per heavy atom. The van der Waals surface area contributed by atoms with E-state index in [1.807, 2.05) is 36.6 Å². The molecule has 0 aromatic heterocycles. The van der Waals surface area contributed by atoms with Gasteiger partial charge < -0.3 is 20.8 Å². The highest BCUT2D eigenvalue weighted by molar-refractivity contribution is 7.98. The fraction of sp³-hybridized carbons (Fsp3) is 0.346. The number of carbonyl (C=O) groups is 4. The number of nitrogens with zero attached hydrogens (tertiary/aromatic N) is 3. The fourth-order valence-corrected chi connectivity index (χ4v) is 4.37. The molecule has 2 aromatic carbocycles. The van der Waals surface area contributed by atoms with Crippen molar-refractivity contribution in [2.24, 2.45) is 10.7 Å². The Morgan fingerprint density at radius 1 is 1.18 bits per heavy atom. The number of thioether (sulfide) groups is 1. The van der Waals surface area contributed by atoms with E-state index in [2.05, 4.69) is 22.9 Å². The summed E-state index contributed by atoms with van der Waals surface area (Å²) in [5.74, 6) is -1.92. The normalized spacial score (nSPS) is 16.4. The van der Waals surface area contributed by atoms with Crippen molar-refractivity contribution in [3.8, 4) is 0 Å². The van der Waals surface area contributed by atoms with Crippen molar-refractivity contribution in [1.82, 2.24) is 10.2 Å². The number of fused-ring (bicyclic) bond motifs is 1. The molecule has 12 heteroatoms. The van der Waals surface area contributed by atoms with Crippen LogP contribution in [0.2, 0.25) is 0 Å². The van der Waals surface area contributed by atoms with Gasteiger partial charge in [-0.1, -0.05) is 48.5 Å². The molecule has 3 rings (SSSR count). The zero-order chi connectivity index (χ0) is 27.8. The van der Waals surface area contributed by atoms with Crippen LogP contribution in [-0.4, -0.2) is 77.4 Å². The highest BCUT2D eigenvalue weighted by atomic mass is 32.2. The monoisotopic (exact) mass is 557 g/mol. The van der Waals surface area contributed by atoms with Gasteiger partial charge in [-0.05, 0) is 24.5 Å². The molecule has 202 valence electrons. The number of likely N-dealkylation sites (N-methyl/N-ethyl adjacent to an activating group) is 1. The van der Waals surface area contributed by atoms with Crippen LogP contribution >= 0.6 is 24.4 Å². The first-order valence-electron chi connectivity index (χ1n) is 11.9. The van der Waals surface area contributed by atoms with Gasteiger partial charge in [0.05, 0.1) is 17.4 Å². The maximum absolute atomic E-state index is 13.8. The lowest BCUT2D eigenvalue weighted by Crippen LogP contribution is -2.53. The number of aliphatic imine (C=N–C) groups is 1. The van der Waals surface area contributed by atoms with E-state index in [1.54, 1.807) is 24.3 Å². The van der Waals surface area contributed by atoms with E-state index in [0.717, 1.165) is 5.06 Å². The van der Waals surface area contributed by atoms with Crippen molar-refractivity contribution in [3.63, 3.8) is 0 Å². The summed E-state index contributed by atoms with van der Waals surface area (Å²) in [6.07, 6.45) is 0.761. The number of thiol groups is 1. The molecule has 2 aromatic rings. The minimum Gasteiger partial charge on any atom is -0.332 e. The van der Waals surface area contributed by atoms with E-state index in [9.17, 15) is 19.2 Å². The van der Waals surface area contributed by atoms with Gasteiger partial charge >= 0.3 is 11.9 Å². The summed E-state index contributed by atoms with van der Waals surface area (Å²) in [5, 5.41) is 3.39. The van der Waals surface area contributed by atoms with Gasteiger partial charge in [0.1, 0.15) is 6.04 Å². The molecule has 0 bridgehead atoms. The zero-order valence-corrected chi connectivity index (χ0v) is 23.1. The average molecular weight is 558 g/mol. The van der Waals surface area contributed by atoms with Gasteiger partial charge in [0.2, 0.25) is 18.0 Å². The highest BCUT2D eigenvalue weighted by Gasteiger charge is 2.38. The maximum Gasteiger partial charge on any atom is 0.355 e. The van der Waals surface area contributed by atoms with Crippen LogP contribution < -0.4 is 16.1 Å². The molecule has 3 atom stereocenters. The third kappa shape index (κ3) is 6.74. The van der Waals surface area contributed by atoms with Crippen LogP contribution in [0.4, 0.5) is 5.69 Å². The van der Waals surface area contributed by atoms with Crippen LogP contribution in [0.25, 0.3) is 0 Å². The second-order valence-electron chi connectivity index (χ2n) is 8.53. The van der Waals surface area contributed by atoms with E-state index in [4.69, 9.17) is 10.6 Å². The number of nitrogens with one attached hydrogen (secondary N) is 1. The summed E-state index contributed by atoms with van der Waals surface area (Å²) in [6, 6.07) is 14.0. The molecule has 1 aliphatic heterocycles. The number of rotatable bonds is 10. The standard InChI is InChI=1S/C26H31N5O5S2/c1-16(32)30(2)21(13-14-38-3)26(35)36-31-20-12-8-7-11-18(20)22(17-9-5-4-6-10-17)28-23(25(31)34)29-24(33)19(27)15-37/h4-12,19,21,23,37H,13-15,27H2,1-3H3,(H,29,33)/t19?,21-,23?/m0/s1. The number of nitrogens with two attached hydrogens (primary N) is 1. The molecule has 3 amide bonds. The summed E-state index contributed by atoms with van der Waals surface area (Å²) in [5.41, 5.74) is 7.70. The number of carbonyl (C=O) groups excluding carboxylic acids is 4. The van der Waals surface area contributed by atoms with Gasteiger partial charge in [-0.25, -0.2) is 9.79 Å². The fourth-order valence-electron chi connectivity index (χ4n) is 3.74. The summed E-state index contributed by atoms with van der Waals surface area (Å²) in [6.45, 7) is 1.35. The van der Waals surface area contributed by atoms with Crippen molar-refractivity contribution in [3.05, 3.63) is 65.7 Å². The molecular weight excluding hydrogens is 526 g/mol. The minimum absolute atomic E-state index is 0.0510. The van der Waals surface area contributed by atoms with Gasteiger partial charge in [0.25, 0.3) is 0 Å². The Balaban J connectivity index is 2.09. The predicted octanol–water partition coefficient (Wildman–Crippen LogP) is 1.63. The van der Waals surface area contributed by atoms with Crippen molar-refractivity contribution in [1.29, 1.82) is 0 Å². The SMILES string of the molecule is CSCC[C@@H](C(=O)ON1C(=O)C(NC(=O)C(N)CS)N=C(c2ccccc2)c2ccccc21)N(C)C(C)=O. The summed E-state index contributed by atoms with van der Waals surface area (Å²) in [7, 11) is 1.51. The Morgan fingerprint density at radius 3 is 2.47 bits per heavy atom. The van der Waals surface area contributed by atoms with Gasteiger partial charge in [-0.15, -0.1) is 5.06 Å². The average Bonchev–Trinajstić information content (AvgIpc) is 3.03. The van der Waals surface area contributed by atoms with E-state index >= 15 is 0 Å². The third-order valence-corrected chi connectivity index (χ3v) is 6.98. The molecule has 0 radical (unpaired) electrons. The van der Waals surface area contributed by atoms with Gasteiger partial charge in [0.15, 0.2) is 0 Å². The first kappa shape index (κ1) is 29.2. The largest absolute Gasteiger partial charge is 0.355 e. The van der Waals surface area contributed by atoms with Crippen molar-refractivity contribution >= 4 is 59.5 Å². The molecule has 1 aliphatic rings.